The van der Waals surface area contributed by atoms with Crippen molar-refractivity contribution < 1.29 is 38.0 Å². The van der Waals surface area contributed by atoms with Crippen LogP contribution in [0.3, 0.4) is 0 Å². The molecular formula is C30H25ClNO5P. The molecule has 0 saturated heterocycles. The maximum Gasteiger partial charge on any atom is 0.213 e. The fourth-order valence-electron chi connectivity index (χ4n) is 4.32. The Labute approximate surface area is 223 Å². The molecule has 4 aromatic carbocycles. The fraction of sp³-hybridized carbons (Fsp3) is 0.0333. The number of nitrogens with zero attached hydrogens (tertiary/aromatic N) is 1. The van der Waals surface area contributed by atoms with E-state index in [2.05, 4.69) is 48.0 Å². The first-order valence-electron chi connectivity index (χ1n) is 11.7. The minimum atomic E-state index is -4.94. The smallest absolute Gasteiger partial charge is 0.213 e. The summed E-state index contributed by atoms with van der Waals surface area (Å²) in [6.07, 6.45) is 0. The van der Waals surface area contributed by atoms with Gasteiger partial charge in [-0.05, 0) is 24.3 Å². The van der Waals surface area contributed by atoms with Gasteiger partial charge in [-0.1, -0.05) is 97.1 Å². The Morgan fingerprint density at radius 3 is 1.13 bits per heavy atom. The molecule has 0 atom stereocenters. The number of benzene rings is 4. The third-order valence-corrected chi connectivity index (χ3v) is 9.07. The van der Waals surface area contributed by atoms with Crippen LogP contribution >= 0.6 is 7.14 Å². The Balaban J connectivity index is 0.000000617. The summed E-state index contributed by atoms with van der Waals surface area (Å²) < 4.78 is 51.2. The maximum absolute atomic E-state index is 15.1. The summed E-state index contributed by atoms with van der Waals surface area (Å²) in [5.41, 5.74) is 4.23. The summed E-state index contributed by atoms with van der Waals surface area (Å²) in [4.78, 5) is 0. The van der Waals surface area contributed by atoms with Gasteiger partial charge in [-0.25, -0.2) is 18.6 Å². The van der Waals surface area contributed by atoms with Crippen LogP contribution in [0.25, 0.3) is 22.5 Å². The van der Waals surface area contributed by atoms with E-state index < -0.39 is 17.4 Å². The zero-order chi connectivity index (χ0) is 27.2. The van der Waals surface area contributed by atoms with Crippen LogP contribution in [0.15, 0.2) is 133 Å². The van der Waals surface area contributed by atoms with Gasteiger partial charge in [-0.15, -0.1) is 10.2 Å². The Bertz CT molecular complexity index is 1420. The number of aromatic nitrogens is 1. The van der Waals surface area contributed by atoms with E-state index in [1.165, 1.54) is 0 Å². The summed E-state index contributed by atoms with van der Waals surface area (Å²) in [6, 6.07) is 44.5. The second kappa shape index (κ2) is 11.8. The molecule has 0 aliphatic heterocycles. The number of hydrogen-bond acceptors (Lipinski definition) is 5. The average molecular weight is 546 g/mol. The minimum absolute atomic E-state index is 0.829. The molecule has 0 N–H and O–H groups in total. The molecule has 0 spiro atoms. The van der Waals surface area contributed by atoms with Crippen molar-refractivity contribution in [2.24, 2.45) is 7.05 Å². The number of halogens is 1. The van der Waals surface area contributed by atoms with Crippen molar-refractivity contribution in [3.05, 3.63) is 133 Å². The monoisotopic (exact) mass is 545 g/mol. The van der Waals surface area contributed by atoms with E-state index in [4.69, 9.17) is 18.6 Å². The van der Waals surface area contributed by atoms with Crippen LogP contribution in [0.5, 0.6) is 0 Å². The van der Waals surface area contributed by atoms with Crippen LogP contribution in [0.1, 0.15) is 0 Å². The lowest BCUT2D eigenvalue weighted by molar-refractivity contribution is -2.00. The van der Waals surface area contributed by atoms with Gasteiger partial charge in [0.2, 0.25) is 11.4 Å². The number of hydrogen-bond donors (Lipinski definition) is 0. The molecule has 192 valence electrons. The first kappa shape index (κ1) is 27.4. The van der Waals surface area contributed by atoms with E-state index in [-0.39, 0.29) is 0 Å². The maximum atomic E-state index is 15.1. The number of pyridine rings is 1. The van der Waals surface area contributed by atoms with Crippen LogP contribution in [0, 0.1) is 10.2 Å². The molecule has 5 rings (SSSR count). The Morgan fingerprint density at radius 2 is 0.816 bits per heavy atom. The van der Waals surface area contributed by atoms with E-state index in [9.17, 15) is 0 Å². The summed E-state index contributed by atoms with van der Waals surface area (Å²) in [5.74, 6) is 0. The lowest BCUT2D eigenvalue weighted by Crippen LogP contribution is -2.68. The third-order valence-electron chi connectivity index (χ3n) is 6.03. The molecule has 1 aromatic heterocycles. The van der Waals surface area contributed by atoms with Crippen molar-refractivity contribution in [3.8, 4) is 22.5 Å². The largest absolute Gasteiger partial charge is 0.309 e. The minimum Gasteiger partial charge on any atom is -0.309 e. The highest BCUT2D eigenvalue weighted by Gasteiger charge is 2.33. The van der Waals surface area contributed by atoms with Crippen molar-refractivity contribution in [3.63, 3.8) is 0 Å². The standard InChI is InChI=1S/C30H25NOP.ClHO4/c1-31-29(24-14-6-2-7-15-24)22-28(23-30(31)25-16-8-3-9-17-25)33(32,26-18-10-4-11-19-26)27-20-12-5-13-21-27;2-1(3,4)5/h2-23H,1H3;(H,2,3,4,5)/q+1;/p-1. The molecule has 0 amide bonds. The molecular weight excluding hydrogens is 521 g/mol. The molecule has 1 heterocycles. The Kier molecular flexibility index (Phi) is 8.55. The average Bonchev–Trinajstić information content (AvgIpc) is 2.94. The molecule has 0 aliphatic carbocycles. The lowest BCUT2D eigenvalue weighted by atomic mass is 10.1. The van der Waals surface area contributed by atoms with Crippen molar-refractivity contribution in [2.75, 3.05) is 0 Å². The zero-order valence-corrected chi connectivity index (χ0v) is 22.2. The number of rotatable bonds is 5. The van der Waals surface area contributed by atoms with E-state index in [0.717, 1.165) is 38.4 Å². The van der Waals surface area contributed by atoms with E-state index >= 15 is 4.57 Å². The second-order valence-corrected chi connectivity index (χ2v) is 12.0. The van der Waals surface area contributed by atoms with Crippen molar-refractivity contribution in [1.82, 2.24) is 0 Å². The molecule has 38 heavy (non-hydrogen) atoms. The Morgan fingerprint density at radius 1 is 0.526 bits per heavy atom. The Hall–Kier alpha value is -3.61. The normalized spacial score (nSPS) is 11.4. The van der Waals surface area contributed by atoms with Gasteiger partial charge in [0.05, 0.1) is 0 Å². The quantitative estimate of drug-likeness (QED) is 0.239. The highest BCUT2D eigenvalue weighted by atomic mass is 35.7. The van der Waals surface area contributed by atoms with Gasteiger partial charge in [-0.3, -0.25) is 0 Å². The predicted molar refractivity (Wildman–Crippen MR) is 138 cm³/mol. The molecule has 0 radical (unpaired) electrons. The summed E-state index contributed by atoms with van der Waals surface area (Å²) in [7, 11) is -5.98. The first-order chi connectivity index (χ1) is 18.2. The summed E-state index contributed by atoms with van der Waals surface area (Å²) in [5, 5.41) is 2.50. The highest BCUT2D eigenvalue weighted by molar-refractivity contribution is 7.85. The van der Waals surface area contributed by atoms with Crippen molar-refractivity contribution >= 4 is 23.1 Å². The molecule has 0 bridgehead atoms. The predicted octanol–water partition coefficient (Wildman–Crippen LogP) is 0.728. The van der Waals surface area contributed by atoms with Gasteiger partial charge < -0.3 is 4.57 Å². The van der Waals surface area contributed by atoms with Gasteiger partial charge in [0, 0.05) is 39.2 Å². The van der Waals surface area contributed by atoms with E-state index in [0.29, 0.717) is 0 Å². The highest BCUT2D eigenvalue weighted by Crippen LogP contribution is 2.43. The molecule has 6 nitrogen and oxygen atoms in total. The van der Waals surface area contributed by atoms with Crippen LogP contribution in [0.4, 0.5) is 0 Å². The molecule has 0 aliphatic rings. The van der Waals surface area contributed by atoms with E-state index in [1.54, 1.807) is 0 Å². The van der Waals surface area contributed by atoms with Crippen LogP contribution in [-0.2, 0) is 11.6 Å². The SMILES string of the molecule is C[n+]1c(-c2ccccc2)cc(P(=O)(c2ccccc2)c2ccccc2)cc1-c1ccccc1.[O-][Cl+3]([O-])([O-])[O-]. The van der Waals surface area contributed by atoms with Gasteiger partial charge in [0.15, 0.2) is 7.14 Å². The third kappa shape index (κ3) is 6.44. The van der Waals surface area contributed by atoms with Gasteiger partial charge in [0.25, 0.3) is 0 Å². The first-order valence-corrected chi connectivity index (χ1v) is 14.6. The molecule has 8 heteroatoms. The van der Waals surface area contributed by atoms with E-state index in [1.807, 2.05) is 97.1 Å². The van der Waals surface area contributed by atoms with Crippen molar-refractivity contribution in [1.29, 1.82) is 0 Å². The van der Waals surface area contributed by atoms with Gasteiger partial charge in [-0.2, -0.15) is 4.57 Å². The topological polar surface area (TPSA) is 113 Å². The van der Waals surface area contributed by atoms with Crippen LogP contribution in [0.2, 0.25) is 0 Å². The van der Waals surface area contributed by atoms with Crippen LogP contribution in [-0.4, -0.2) is 0 Å². The van der Waals surface area contributed by atoms with Gasteiger partial charge in [0.1, 0.15) is 7.05 Å². The zero-order valence-electron chi connectivity index (χ0n) is 20.5. The second-order valence-electron chi connectivity index (χ2n) is 8.43. The summed E-state index contributed by atoms with van der Waals surface area (Å²) >= 11 is 0. The molecule has 0 saturated carbocycles. The van der Waals surface area contributed by atoms with Crippen LogP contribution < -0.4 is 39.1 Å². The molecule has 0 fully saturated rings. The lowest BCUT2D eigenvalue weighted by Gasteiger charge is -2.21. The molecule has 5 aromatic rings. The fourth-order valence-corrected chi connectivity index (χ4v) is 7.01. The summed E-state index contributed by atoms with van der Waals surface area (Å²) in [6.45, 7) is 0. The van der Waals surface area contributed by atoms with Crippen molar-refractivity contribution in [2.45, 2.75) is 0 Å². The molecule has 0 unspecified atom stereocenters. The van der Waals surface area contributed by atoms with Gasteiger partial charge >= 0.3 is 0 Å².